The van der Waals surface area contributed by atoms with Crippen molar-refractivity contribution in [3.63, 3.8) is 0 Å². The molecule has 4 N–H and O–H groups in total. The number of pyridine rings is 1. The second-order valence-corrected chi connectivity index (χ2v) is 6.33. The highest BCUT2D eigenvalue weighted by atomic mass is 16.5. The van der Waals surface area contributed by atoms with Crippen molar-refractivity contribution in [1.82, 2.24) is 14.8 Å². The van der Waals surface area contributed by atoms with Crippen LogP contribution in [-0.2, 0) is 11.8 Å². The lowest BCUT2D eigenvalue weighted by atomic mass is 10.1. The van der Waals surface area contributed by atoms with Crippen molar-refractivity contribution in [3.8, 4) is 29.0 Å². The van der Waals surface area contributed by atoms with Crippen molar-refractivity contribution >= 4 is 11.7 Å². The predicted octanol–water partition coefficient (Wildman–Crippen LogP) is 2.10. The summed E-state index contributed by atoms with van der Waals surface area (Å²) in [6.45, 7) is 1.49. The Morgan fingerprint density at radius 1 is 1.38 bits per heavy atom. The van der Waals surface area contributed by atoms with Crippen LogP contribution in [0, 0.1) is 11.3 Å². The topological polar surface area (TPSA) is 139 Å². The Hall–Kier alpha value is -3.74. The molecule has 3 aromatic rings. The van der Waals surface area contributed by atoms with E-state index in [1.165, 1.54) is 11.6 Å². The van der Waals surface area contributed by atoms with Crippen molar-refractivity contribution in [2.24, 2.45) is 12.8 Å². The quantitative estimate of drug-likeness (QED) is 0.583. The molecule has 0 saturated carbocycles. The number of aromatic nitrogens is 3. The van der Waals surface area contributed by atoms with Gasteiger partial charge in [0.2, 0.25) is 11.8 Å². The first-order valence-electron chi connectivity index (χ1n) is 8.79. The number of hydrogen-bond acceptors (Lipinski definition) is 7. The van der Waals surface area contributed by atoms with Crippen LogP contribution in [0.3, 0.4) is 0 Å². The van der Waals surface area contributed by atoms with Gasteiger partial charge >= 0.3 is 0 Å². The highest BCUT2D eigenvalue weighted by Crippen LogP contribution is 2.34. The maximum Gasteiger partial charge on any atom is 0.222 e. The van der Waals surface area contributed by atoms with Crippen molar-refractivity contribution in [1.29, 1.82) is 5.26 Å². The zero-order valence-corrected chi connectivity index (χ0v) is 16.0. The van der Waals surface area contributed by atoms with Crippen LogP contribution in [0.2, 0.25) is 0 Å². The summed E-state index contributed by atoms with van der Waals surface area (Å²) >= 11 is 0. The van der Waals surface area contributed by atoms with Crippen LogP contribution >= 0.6 is 0 Å². The SMILES string of the molecule is CC(=O)Nc1cc(Oc2cc(C#N)ccc2-c2ccc(C(O)CN)cn2)n(C)n1. The maximum absolute atomic E-state index is 11.2. The zero-order valence-electron chi connectivity index (χ0n) is 16.0. The molecule has 0 bridgehead atoms. The number of aliphatic hydroxyl groups excluding tert-OH is 1. The maximum atomic E-state index is 11.2. The number of benzene rings is 1. The standard InChI is InChI=1S/C20H20N6O3/c1-12(27)24-19-8-20(26(2)25-19)29-18-7-13(9-21)3-5-15(18)16-6-4-14(11-23-16)17(28)10-22/h3-8,11,17,28H,10,22H2,1-2H3,(H,24,25,27). The van der Waals surface area contributed by atoms with Crippen LogP contribution in [0.1, 0.15) is 24.2 Å². The summed E-state index contributed by atoms with van der Waals surface area (Å²) in [6.07, 6.45) is 0.767. The molecule has 9 heteroatoms. The summed E-state index contributed by atoms with van der Waals surface area (Å²) in [5.74, 6) is 0.887. The molecule has 29 heavy (non-hydrogen) atoms. The van der Waals surface area contributed by atoms with E-state index in [2.05, 4.69) is 21.5 Å². The molecule has 3 rings (SSSR count). The van der Waals surface area contributed by atoms with Gasteiger partial charge in [-0.3, -0.25) is 9.78 Å². The summed E-state index contributed by atoms with van der Waals surface area (Å²) in [5, 5.41) is 25.8. The smallest absolute Gasteiger partial charge is 0.222 e. The van der Waals surface area contributed by atoms with Crippen LogP contribution in [0.5, 0.6) is 11.6 Å². The molecule has 2 aromatic heterocycles. The number of carbonyl (C=O) groups excluding carboxylic acids is 1. The number of ether oxygens (including phenoxy) is 1. The molecule has 0 aliphatic rings. The molecular weight excluding hydrogens is 372 g/mol. The number of hydrogen-bond donors (Lipinski definition) is 3. The molecule has 9 nitrogen and oxygen atoms in total. The van der Waals surface area contributed by atoms with E-state index in [9.17, 15) is 15.2 Å². The van der Waals surface area contributed by atoms with Gasteiger partial charge in [0.1, 0.15) is 5.75 Å². The van der Waals surface area contributed by atoms with E-state index in [0.29, 0.717) is 39.8 Å². The molecule has 148 valence electrons. The van der Waals surface area contributed by atoms with Crippen LogP contribution in [0.15, 0.2) is 42.6 Å². The number of nitrogens with zero attached hydrogens (tertiary/aromatic N) is 4. The number of nitriles is 1. The van der Waals surface area contributed by atoms with Gasteiger partial charge in [-0.05, 0) is 24.3 Å². The normalized spacial score (nSPS) is 11.6. The minimum Gasteiger partial charge on any atom is -0.438 e. The van der Waals surface area contributed by atoms with Gasteiger partial charge in [0.25, 0.3) is 0 Å². The van der Waals surface area contributed by atoms with Crippen LogP contribution < -0.4 is 15.8 Å². The first-order chi connectivity index (χ1) is 13.9. The average molecular weight is 392 g/mol. The number of rotatable bonds is 6. The molecule has 1 atom stereocenters. The van der Waals surface area contributed by atoms with E-state index in [0.717, 1.165) is 0 Å². The van der Waals surface area contributed by atoms with Crippen LogP contribution in [0.25, 0.3) is 11.3 Å². The molecule has 0 aliphatic heterocycles. The molecule has 0 fully saturated rings. The summed E-state index contributed by atoms with van der Waals surface area (Å²) in [6, 6.07) is 12.1. The number of aryl methyl sites for hydroxylation is 1. The zero-order chi connectivity index (χ0) is 21.0. The van der Waals surface area contributed by atoms with E-state index < -0.39 is 6.10 Å². The van der Waals surface area contributed by atoms with Crippen LogP contribution in [0.4, 0.5) is 5.82 Å². The highest BCUT2D eigenvalue weighted by Gasteiger charge is 2.15. The van der Waals surface area contributed by atoms with Crippen LogP contribution in [-0.4, -0.2) is 32.3 Å². The average Bonchev–Trinajstić information content (AvgIpc) is 3.05. The molecule has 0 spiro atoms. The van der Waals surface area contributed by atoms with Gasteiger partial charge in [-0.1, -0.05) is 6.07 Å². The molecular formula is C20H20N6O3. The molecule has 2 heterocycles. The molecule has 1 unspecified atom stereocenters. The molecule has 0 saturated heterocycles. The minimum atomic E-state index is -0.783. The summed E-state index contributed by atoms with van der Waals surface area (Å²) in [7, 11) is 1.68. The fraction of sp³-hybridized carbons (Fsp3) is 0.200. The second kappa shape index (κ2) is 8.52. The molecule has 0 aliphatic carbocycles. The number of carbonyl (C=O) groups is 1. The van der Waals surface area contributed by atoms with E-state index >= 15 is 0 Å². The lowest BCUT2D eigenvalue weighted by Crippen LogP contribution is -2.11. The minimum absolute atomic E-state index is 0.101. The van der Waals surface area contributed by atoms with Crippen molar-refractivity contribution < 1.29 is 14.6 Å². The third-order valence-electron chi connectivity index (χ3n) is 4.14. The highest BCUT2D eigenvalue weighted by molar-refractivity contribution is 5.87. The van der Waals surface area contributed by atoms with E-state index in [-0.39, 0.29) is 12.5 Å². The van der Waals surface area contributed by atoms with Gasteiger partial charge in [0.05, 0.1) is 23.4 Å². The first kappa shape index (κ1) is 20.0. The third-order valence-corrected chi connectivity index (χ3v) is 4.14. The number of amides is 1. The second-order valence-electron chi connectivity index (χ2n) is 6.33. The Bertz CT molecular complexity index is 1070. The largest absolute Gasteiger partial charge is 0.438 e. The Morgan fingerprint density at radius 2 is 2.17 bits per heavy atom. The summed E-state index contributed by atoms with van der Waals surface area (Å²) in [5.41, 5.74) is 7.76. The predicted molar refractivity (Wildman–Crippen MR) is 106 cm³/mol. The number of anilines is 1. The lowest BCUT2D eigenvalue weighted by Gasteiger charge is -2.12. The summed E-state index contributed by atoms with van der Waals surface area (Å²) in [4.78, 5) is 15.6. The lowest BCUT2D eigenvalue weighted by molar-refractivity contribution is -0.114. The summed E-state index contributed by atoms with van der Waals surface area (Å²) < 4.78 is 7.46. The molecule has 1 aromatic carbocycles. The van der Waals surface area contributed by atoms with Gasteiger partial charge in [-0.2, -0.15) is 10.4 Å². The fourth-order valence-electron chi connectivity index (χ4n) is 2.69. The number of nitrogens with two attached hydrogens (primary N) is 1. The van der Waals surface area contributed by atoms with Crippen molar-refractivity contribution in [2.75, 3.05) is 11.9 Å². The Kier molecular flexibility index (Phi) is 5.87. The van der Waals surface area contributed by atoms with E-state index in [1.54, 1.807) is 49.6 Å². The number of nitrogens with one attached hydrogen (secondary N) is 1. The van der Waals surface area contributed by atoms with Crippen molar-refractivity contribution in [3.05, 3.63) is 53.7 Å². The van der Waals surface area contributed by atoms with E-state index in [4.69, 9.17) is 10.5 Å². The Morgan fingerprint density at radius 3 is 2.79 bits per heavy atom. The Balaban J connectivity index is 1.97. The van der Waals surface area contributed by atoms with E-state index in [1.807, 2.05) is 0 Å². The van der Waals surface area contributed by atoms with Gasteiger partial charge in [0, 0.05) is 43.9 Å². The molecule has 1 amide bonds. The first-order valence-corrected chi connectivity index (χ1v) is 8.79. The van der Waals surface area contributed by atoms with Crippen molar-refractivity contribution in [2.45, 2.75) is 13.0 Å². The number of aliphatic hydroxyl groups is 1. The van der Waals surface area contributed by atoms with Gasteiger partial charge in [0.15, 0.2) is 5.82 Å². The fourth-order valence-corrected chi connectivity index (χ4v) is 2.69. The molecule has 0 radical (unpaired) electrons. The third kappa shape index (κ3) is 4.57. The van der Waals surface area contributed by atoms with Gasteiger partial charge in [-0.15, -0.1) is 0 Å². The van der Waals surface area contributed by atoms with Gasteiger partial charge < -0.3 is 20.9 Å². The monoisotopic (exact) mass is 392 g/mol. The Labute approximate surface area is 167 Å². The van der Waals surface area contributed by atoms with Gasteiger partial charge in [-0.25, -0.2) is 4.68 Å².